The Morgan fingerprint density at radius 1 is 0.962 bits per heavy atom. The van der Waals surface area contributed by atoms with E-state index < -0.39 is 18.2 Å². The number of methoxy groups -OCH3 is 1. The molecule has 1 heterocycles. The summed E-state index contributed by atoms with van der Waals surface area (Å²) < 4.78 is 20.5. The zero-order valence-corrected chi connectivity index (χ0v) is 15.5. The zero-order chi connectivity index (χ0) is 19.3. The van der Waals surface area contributed by atoms with Crippen molar-refractivity contribution in [2.24, 2.45) is 0 Å². The molecule has 1 aromatic rings. The summed E-state index contributed by atoms with van der Waals surface area (Å²) in [6.07, 6.45) is -2.00. The first-order valence-electron chi connectivity index (χ1n) is 8.21. The Bertz CT molecular complexity index is 736. The van der Waals surface area contributed by atoms with Crippen molar-refractivity contribution in [1.29, 1.82) is 0 Å². The minimum Gasteiger partial charge on any atom is -0.437 e. The zero-order valence-electron chi connectivity index (χ0n) is 15.5. The van der Waals surface area contributed by atoms with Crippen LogP contribution in [0.5, 0.6) is 0 Å². The summed E-state index contributed by atoms with van der Waals surface area (Å²) in [7, 11) is 1.23. The van der Waals surface area contributed by atoms with Gasteiger partial charge in [0.05, 0.1) is 24.6 Å². The molecule has 1 unspecified atom stereocenters. The summed E-state index contributed by atoms with van der Waals surface area (Å²) in [5.41, 5.74) is 2.03. The van der Waals surface area contributed by atoms with Gasteiger partial charge in [0.1, 0.15) is 17.4 Å². The summed E-state index contributed by atoms with van der Waals surface area (Å²) in [6.45, 7) is 6.99. The lowest BCUT2D eigenvalue weighted by molar-refractivity contribution is 0.0468. The van der Waals surface area contributed by atoms with Crippen LogP contribution in [0.3, 0.4) is 0 Å². The van der Waals surface area contributed by atoms with Crippen LogP contribution >= 0.6 is 0 Å². The van der Waals surface area contributed by atoms with Gasteiger partial charge in [0.15, 0.2) is 0 Å². The maximum absolute atomic E-state index is 12.1. The maximum atomic E-state index is 12.1. The number of carbonyl (C=O) groups excluding carboxylic acids is 2. The summed E-state index contributed by atoms with van der Waals surface area (Å²) in [6, 6.07) is 9.28. The van der Waals surface area contributed by atoms with Crippen molar-refractivity contribution in [3.63, 3.8) is 0 Å². The Morgan fingerprint density at radius 3 is 2.00 bits per heavy atom. The third kappa shape index (κ3) is 4.56. The van der Waals surface area contributed by atoms with Crippen molar-refractivity contribution in [2.45, 2.75) is 39.7 Å². The van der Waals surface area contributed by atoms with Crippen LogP contribution in [0.2, 0.25) is 0 Å². The van der Waals surface area contributed by atoms with Crippen LogP contribution in [-0.4, -0.2) is 25.5 Å². The SMILES string of the molecule is COC(=O)OC1=C(C)NC(C)=C(OC(=O)OC(C)C)C1c1ccccc1. The van der Waals surface area contributed by atoms with Gasteiger partial charge >= 0.3 is 12.3 Å². The van der Waals surface area contributed by atoms with Crippen molar-refractivity contribution in [2.75, 3.05) is 7.11 Å². The fraction of sp³-hybridized carbons (Fsp3) is 0.368. The molecule has 1 aliphatic rings. The fourth-order valence-electron chi connectivity index (χ4n) is 2.61. The van der Waals surface area contributed by atoms with Crippen molar-refractivity contribution in [3.05, 3.63) is 58.8 Å². The van der Waals surface area contributed by atoms with Gasteiger partial charge in [-0.1, -0.05) is 30.3 Å². The lowest BCUT2D eigenvalue weighted by Crippen LogP contribution is -2.29. The monoisotopic (exact) mass is 361 g/mol. The quantitative estimate of drug-likeness (QED) is 0.805. The van der Waals surface area contributed by atoms with Crippen LogP contribution in [0, 0.1) is 0 Å². The number of hydrogen-bond donors (Lipinski definition) is 1. The number of hydrogen-bond acceptors (Lipinski definition) is 7. The fourth-order valence-corrected chi connectivity index (χ4v) is 2.61. The Balaban J connectivity index is 2.45. The van der Waals surface area contributed by atoms with Crippen molar-refractivity contribution < 1.29 is 28.5 Å². The van der Waals surface area contributed by atoms with E-state index in [2.05, 4.69) is 10.1 Å². The van der Waals surface area contributed by atoms with Crippen LogP contribution in [-0.2, 0) is 18.9 Å². The van der Waals surface area contributed by atoms with E-state index in [1.807, 2.05) is 30.3 Å². The molecule has 0 amide bonds. The summed E-state index contributed by atoms with van der Waals surface area (Å²) in [4.78, 5) is 23.8. The molecule has 0 fully saturated rings. The van der Waals surface area contributed by atoms with Gasteiger partial charge in [0.2, 0.25) is 0 Å². The first-order valence-corrected chi connectivity index (χ1v) is 8.21. The summed E-state index contributed by atoms with van der Waals surface area (Å²) in [5.74, 6) is -0.0105. The number of nitrogens with one attached hydrogen (secondary N) is 1. The molecule has 1 aliphatic heterocycles. The maximum Gasteiger partial charge on any atom is 0.513 e. The highest BCUT2D eigenvalue weighted by molar-refractivity contribution is 5.65. The van der Waals surface area contributed by atoms with Gasteiger partial charge in [-0.15, -0.1) is 0 Å². The summed E-state index contributed by atoms with van der Waals surface area (Å²) in [5, 5.41) is 3.06. The molecule has 0 spiro atoms. The van der Waals surface area contributed by atoms with Crippen molar-refractivity contribution in [3.8, 4) is 0 Å². The van der Waals surface area contributed by atoms with Gasteiger partial charge in [0, 0.05) is 0 Å². The van der Waals surface area contributed by atoms with E-state index in [0.717, 1.165) is 5.56 Å². The molecule has 7 heteroatoms. The minimum absolute atomic E-state index is 0.293. The first kappa shape index (κ1) is 19.4. The van der Waals surface area contributed by atoms with Gasteiger partial charge in [-0.05, 0) is 33.3 Å². The van der Waals surface area contributed by atoms with Crippen LogP contribution in [0.1, 0.15) is 39.2 Å². The minimum atomic E-state index is -0.856. The molecule has 26 heavy (non-hydrogen) atoms. The number of allylic oxidation sites excluding steroid dienone is 2. The molecule has 0 aliphatic carbocycles. The molecule has 1 atom stereocenters. The topological polar surface area (TPSA) is 83.1 Å². The average molecular weight is 361 g/mol. The molecule has 0 saturated carbocycles. The number of ether oxygens (including phenoxy) is 4. The van der Waals surface area contributed by atoms with E-state index in [0.29, 0.717) is 22.9 Å². The second kappa shape index (κ2) is 8.42. The number of dihydropyridines is 1. The largest absolute Gasteiger partial charge is 0.513 e. The van der Waals surface area contributed by atoms with Crippen LogP contribution in [0.4, 0.5) is 9.59 Å². The van der Waals surface area contributed by atoms with Gasteiger partial charge < -0.3 is 24.3 Å². The standard InChI is InChI=1S/C19H23NO6/c1-11(2)24-19(22)26-17-13(4)20-12(3)16(25-18(21)23-5)15(17)14-9-7-6-8-10-14/h6-11,15,20H,1-5H3. The second-order valence-corrected chi connectivity index (χ2v) is 6.02. The lowest BCUT2D eigenvalue weighted by Gasteiger charge is -2.30. The van der Waals surface area contributed by atoms with Gasteiger partial charge in [-0.25, -0.2) is 9.59 Å². The van der Waals surface area contributed by atoms with E-state index in [4.69, 9.17) is 14.2 Å². The van der Waals surface area contributed by atoms with Crippen LogP contribution < -0.4 is 5.32 Å². The first-order chi connectivity index (χ1) is 12.3. The Labute approximate surface area is 152 Å². The Hall–Kier alpha value is -2.96. The smallest absolute Gasteiger partial charge is 0.437 e. The van der Waals surface area contributed by atoms with Crippen LogP contribution in [0.25, 0.3) is 0 Å². The molecule has 1 N–H and O–H groups in total. The van der Waals surface area contributed by atoms with E-state index in [1.54, 1.807) is 27.7 Å². The second-order valence-electron chi connectivity index (χ2n) is 6.02. The number of rotatable bonds is 4. The molecule has 0 radical (unpaired) electrons. The summed E-state index contributed by atoms with van der Waals surface area (Å²) >= 11 is 0. The van der Waals surface area contributed by atoms with Gasteiger partial charge in [0.25, 0.3) is 0 Å². The number of carbonyl (C=O) groups is 2. The third-order valence-electron chi connectivity index (χ3n) is 3.66. The van der Waals surface area contributed by atoms with Gasteiger partial charge in [-0.2, -0.15) is 0 Å². The van der Waals surface area contributed by atoms with Crippen molar-refractivity contribution in [1.82, 2.24) is 5.32 Å². The van der Waals surface area contributed by atoms with E-state index in [1.165, 1.54) is 7.11 Å². The number of benzene rings is 1. The molecular weight excluding hydrogens is 338 g/mol. The van der Waals surface area contributed by atoms with Crippen LogP contribution in [0.15, 0.2) is 53.2 Å². The average Bonchev–Trinajstić information content (AvgIpc) is 2.59. The van der Waals surface area contributed by atoms with E-state index in [9.17, 15) is 9.59 Å². The van der Waals surface area contributed by atoms with E-state index >= 15 is 0 Å². The normalized spacial score (nSPS) is 16.9. The lowest BCUT2D eigenvalue weighted by atomic mass is 9.90. The highest BCUT2D eigenvalue weighted by atomic mass is 16.7. The third-order valence-corrected chi connectivity index (χ3v) is 3.66. The van der Waals surface area contributed by atoms with Crippen molar-refractivity contribution >= 4 is 12.3 Å². The molecule has 1 aromatic carbocycles. The molecule has 140 valence electrons. The predicted molar refractivity (Wildman–Crippen MR) is 93.9 cm³/mol. The van der Waals surface area contributed by atoms with E-state index in [-0.39, 0.29) is 6.10 Å². The molecule has 0 bridgehead atoms. The predicted octanol–water partition coefficient (Wildman–Crippen LogP) is 4.18. The Morgan fingerprint density at radius 2 is 1.50 bits per heavy atom. The Kier molecular flexibility index (Phi) is 6.27. The molecule has 2 rings (SSSR count). The highest BCUT2D eigenvalue weighted by Gasteiger charge is 2.35. The molecule has 0 aromatic heterocycles. The highest BCUT2D eigenvalue weighted by Crippen LogP contribution is 2.39. The molecule has 0 saturated heterocycles. The molecule has 7 nitrogen and oxygen atoms in total. The van der Waals surface area contributed by atoms with Gasteiger partial charge in [-0.3, -0.25) is 0 Å². The molecular formula is C19H23NO6.